The zero-order chi connectivity index (χ0) is 14.7. The summed E-state index contributed by atoms with van der Waals surface area (Å²) in [5.41, 5.74) is 2.99. The summed E-state index contributed by atoms with van der Waals surface area (Å²) in [6.07, 6.45) is 3.96. The van der Waals surface area contributed by atoms with E-state index in [9.17, 15) is 0 Å². The predicted octanol–water partition coefficient (Wildman–Crippen LogP) is 1.56. The lowest BCUT2D eigenvalue weighted by Gasteiger charge is -2.07. The van der Waals surface area contributed by atoms with Crippen LogP contribution in [0, 0.1) is 6.92 Å². The molecule has 21 heavy (non-hydrogen) atoms. The molecule has 0 atom stereocenters. The van der Waals surface area contributed by atoms with Crippen molar-refractivity contribution >= 4 is 5.65 Å². The zero-order valence-electron chi connectivity index (χ0n) is 12.3. The molecule has 3 heterocycles. The first-order chi connectivity index (χ1) is 10.3. The molecule has 6 nitrogen and oxygen atoms in total. The molecule has 0 aromatic carbocycles. The van der Waals surface area contributed by atoms with Crippen LogP contribution < -0.4 is 5.32 Å². The summed E-state index contributed by atoms with van der Waals surface area (Å²) in [4.78, 5) is 4.69. The SMILES string of the molecule is COCCNCc1c(-n2ccc(C)n2)nc2ccccn12. The van der Waals surface area contributed by atoms with Gasteiger partial charge in [-0.1, -0.05) is 6.07 Å². The van der Waals surface area contributed by atoms with Gasteiger partial charge in [-0.3, -0.25) is 0 Å². The van der Waals surface area contributed by atoms with Crippen molar-refractivity contribution < 1.29 is 4.74 Å². The first kappa shape index (κ1) is 13.8. The summed E-state index contributed by atoms with van der Waals surface area (Å²) < 4.78 is 8.98. The minimum atomic E-state index is 0.687. The molecule has 3 aromatic heterocycles. The Morgan fingerprint density at radius 3 is 2.90 bits per heavy atom. The molecule has 0 saturated carbocycles. The summed E-state index contributed by atoms with van der Waals surface area (Å²) in [5.74, 6) is 0.860. The van der Waals surface area contributed by atoms with Crippen LogP contribution in [0.2, 0.25) is 0 Å². The Morgan fingerprint density at radius 1 is 1.24 bits per heavy atom. The number of methoxy groups -OCH3 is 1. The fourth-order valence-corrected chi connectivity index (χ4v) is 2.30. The van der Waals surface area contributed by atoms with E-state index in [1.165, 1.54) is 0 Å². The van der Waals surface area contributed by atoms with Gasteiger partial charge in [0.05, 0.1) is 18.0 Å². The van der Waals surface area contributed by atoms with Gasteiger partial charge in [-0.05, 0) is 25.1 Å². The van der Waals surface area contributed by atoms with Gasteiger partial charge in [-0.25, -0.2) is 9.67 Å². The number of fused-ring (bicyclic) bond motifs is 1. The maximum atomic E-state index is 5.06. The van der Waals surface area contributed by atoms with Crippen molar-refractivity contribution in [2.75, 3.05) is 20.3 Å². The van der Waals surface area contributed by atoms with Crippen LogP contribution in [0.3, 0.4) is 0 Å². The highest BCUT2D eigenvalue weighted by Gasteiger charge is 2.13. The van der Waals surface area contributed by atoms with Crippen molar-refractivity contribution in [3.05, 3.63) is 48.0 Å². The number of aryl methyl sites for hydroxylation is 1. The van der Waals surface area contributed by atoms with Crippen molar-refractivity contribution in [1.82, 2.24) is 24.5 Å². The van der Waals surface area contributed by atoms with Gasteiger partial charge in [0.15, 0.2) is 5.82 Å². The quantitative estimate of drug-likeness (QED) is 0.698. The Kier molecular flexibility index (Phi) is 3.98. The standard InChI is InChI=1S/C15H19N5O/c1-12-6-9-20(18-12)15-13(11-16-7-10-21-2)19-8-4-3-5-14(19)17-15/h3-6,8-9,16H,7,10-11H2,1-2H3. The third-order valence-corrected chi connectivity index (χ3v) is 3.32. The number of hydrogen-bond acceptors (Lipinski definition) is 4. The number of imidazole rings is 1. The lowest BCUT2D eigenvalue weighted by Crippen LogP contribution is -2.20. The molecule has 0 aliphatic carbocycles. The van der Waals surface area contributed by atoms with Gasteiger partial charge in [0, 0.05) is 32.6 Å². The smallest absolute Gasteiger partial charge is 0.176 e. The molecule has 0 aliphatic heterocycles. The van der Waals surface area contributed by atoms with Crippen LogP contribution in [0.15, 0.2) is 36.7 Å². The average molecular weight is 285 g/mol. The van der Waals surface area contributed by atoms with Gasteiger partial charge in [-0.2, -0.15) is 5.10 Å². The first-order valence-corrected chi connectivity index (χ1v) is 6.98. The summed E-state index contributed by atoms with van der Waals surface area (Å²) >= 11 is 0. The van der Waals surface area contributed by atoms with E-state index in [1.54, 1.807) is 7.11 Å². The number of ether oxygens (including phenoxy) is 1. The number of aromatic nitrogens is 4. The maximum Gasteiger partial charge on any atom is 0.176 e. The van der Waals surface area contributed by atoms with E-state index in [2.05, 4.69) is 19.8 Å². The summed E-state index contributed by atoms with van der Waals surface area (Å²) in [7, 11) is 1.70. The highest BCUT2D eigenvalue weighted by molar-refractivity contribution is 5.48. The van der Waals surface area contributed by atoms with E-state index in [4.69, 9.17) is 4.74 Å². The minimum absolute atomic E-state index is 0.687. The minimum Gasteiger partial charge on any atom is -0.383 e. The van der Waals surface area contributed by atoms with Crippen molar-refractivity contribution in [2.24, 2.45) is 0 Å². The van der Waals surface area contributed by atoms with Crippen LogP contribution in [0.25, 0.3) is 11.5 Å². The Hall–Kier alpha value is -2.18. The molecule has 3 rings (SSSR count). The number of nitrogens with zero attached hydrogens (tertiary/aromatic N) is 4. The van der Waals surface area contributed by atoms with E-state index < -0.39 is 0 Å². The van der Waals surface area contributed by atoms with Crippen LogP contribution in [0.4, 0.5) is 0 Å². The van der Waals surface area contributed by atoms with Gasteiger partial charge in [0.2, 0.25) is 0 Å². The van der Waals surface area contributed by atoms with Crippen molar-refractivity contribution in [1.29, 1.82) is 0 Å². The fourth-order valence-electron chi connectivity index (χ4n) is 2.30. The molecule has 3 aromatic rings. The van der Waals surface area contributed by atoms with E-state index in [0.717, 1.165) is 29.4 Å². The Labute approximate surface area is 123 Å². The van der Waals surface area contributed by atoms with Gasteiger partial charge in [0.1, 0.15) is 5.65 Å². The largest absolute Gasteiger partial charge is 0.383 e. The number of pyridine rings is 1. The Balaban J connectivity index is 1.97. The van der Waals surface area contributed by atoms with Crippen LogP contribution in [-0.4, -0.2) is 39.4 Å². The molecular weight excluding hydrogens is 266 g/mol. The second-order valence-electron chi connectivity index (χ2n) is 4.88. The van der Waals surface area contributed by atoms with E-state index in [0.29, 0.717) is 13.2 Å². The van der Waals surface area contributed by atoms with Crippen molar-refractivity contribution in [3.8, 4) is 5.82 Å². The van der Waals surface area contributed by atoms with Gasteiger partial charge < -0.3 is 14.5 Å². The molecule has 0 bridgehead atoms. The molecule has 0 fully saturated rings. The molecule has 0 unspecified atom stereocenters. The van der Waals surface area contributed by atoms with Crippen LogP contribution in [-0.2, 0) is 11.3 Å². The van der Waals surface area contributed by atoms with Gasteiger partial charge >= 0.3 is 0 Å². The molecular formula is C15H19N5O. The molecule has 1 N–H and O–H groups in total. The third-order valence-electron chi connectivity index (χ3n) is 3.32. The van der Waals surface area contributed by atoms with E-state index in [1.807, 2.05) is 48.3 Å². The number of nitrogens with one attached hydrogen (secondary N) is 1. The fraction of sp³-hybridized carbons (Fsp3) is 0.333. The van der Waals surface area contributed by atoms with E-state index >= 15 is 0 Å². The number of hydrogen-bond donors (Lipinski definition) is 1. The van der Waals surface area contributed by atoms with Crippen molar-refractivity contribution in [3.63, 3.8) is 0 Å². The summed E-state index contributed by atoms with van der Waals surface area (Å²) in [5, 5.41) is 7.84. The predicted molar refractivity (Wildman–Crippen MR) is 80.6 cm³/mol. The van der Waals surface area contributed by atoms with Crippen molar-refractivity contribution in [2.45, 2.75) is 13.5 Å². The molecule has 0 amide bonds. The van der Waals surface area contributed by atoms with Gasteiger partial charge in [0.25, 0.3) is 0 Å². The Morgan fingerprint density at radius 2 is 2.14 bits per heavy atom. The molecule has 110 valence electrons. The number of rotatable bonds is 6. The highest BCUT2D eigenvalue weighted by Crippen LogP contribution is 2.16. The molecule has 0 radical (unpaired) electrons. The summed E-state index contributed by atoms with van der Waals surface area (Å²) in [6, 6.07) is 7.97. The maximum absolute atomic E-state index is 5.06. The van der Waals surface area contributed by atoms with Gasteiger partial charge in [-0.15, -0.1) is 0 Å². The average Bonchev–Trinajstić information content (AvgIpc) is 3.07. The normalized spacial score (nSPS) is 11.3. The monoisotopic (exact) mass is 285 g/mol. The first-order valence-electron chi connectivity index (χ1n) is 6.98. The molecule has 6 heteroatoms. The molecule has 0 saturated heterocycles. The lowest BCUT2D eigenvalue weighted by molar-refractivity contribution is 0.199. The topological polar surface area (TPSA) is 56.4 Å². The highest BCUT2D eigenvalue weighted by atomic mass is 16.5. The molecule has 0 aliphatic rings. The van der Waals surface area contributed by atoms with Crippen LogP contribution in [0.1, 0.15) is 11.4 Å². The second-order valence-corrected chi connectivity index (χ2v) is 4.88. The second kappa shape index (κ2) is 6.07. The third kappa shape index (κ3) is 2.81. The van der Waals surface area contributed by atoms with Crippen LogP contribution >= 0.6 is 0 Å². The lowest BCUT2D eigenvalue weighted by atomic mass is 10.4. The van der Waals surface area contributed by atoms with Crippen LogP contribution in [0.5, 0.6) is 0 Å². The molecule has 0 spiro atoms. The zero-order valence-corrected chi connectivity index (χ0v) is 12.3. The van der Waals surface area contributed by atoms with E-state index in [-0.39, 0.29) is 0 Å². The summed E-state index contributed by atoms with van der Waals surface area (Å²) in [6.45, 7) is 4.17. The Bertz CT molecular complexity index is 731.